The van der Waals surface area contributed by atoms with E-state index in [9.17, 15) is 10.4 Å². The number of nitriles is 1. The Morgan fingerprint density at radius 3 is 3.04 bits per heavy atom. The van der Waals surface area contributed by atoms with Crippen LogP contribution in [-0.4, -0.2) is 42.9 Å². The van der Waals surface area contributed by atoms with Crippen molar-refractivity contribution in [2.45, 2.75) is 36.5 Å². The zero-order chi connectivity index (χ0) is 16.2. The average molecular weight is 312 g/mol. The molecule has 0 aromatic heterocycles. The lowest BCUT2D eigenvalue weighted by atomic mass is 9.69. The van der Waals surface area contributed by atoms with Gasteiger partial charge in [-0.15, -0.1) is 0 Å². The van der Waals surface area contributed by atoms with Crippen LogP contribution < -0.4 is 9.47 Å². The van der Waals surface area contributed by atoms with Gasteiger partial charge in [0.25, 0.3) is 0 Å². The molecule has 1 aliphatic carbocycles. The highest BCUT2D eigenvalue weighted by atomic mass is 16.5. The van der Waals surface area contributed by atoms with Gasteiger partial charge in [0, 0.05) is 18.5 Å². The van der Waals surface area contributed by atoms with E-state index in [1.165, 1.54) is 0 Å². The van der Waals surface area contributed by atoms with Crippen molar-refractivity contribution in [2.75, 3.05) is 20.7 Å². The Morgan fingerprint density at radius 2 is 2.30 bits per heavy atom. The molecule has 1 spiro atoms. The number of rotatable bonds is 1. The highest BCUT2D eigenvalue weighted by Crippen LogP contribution is 2.57. The molecule has 0 fully saturated rings. The summed E-state index contributed by atoms with van der Waals surface area (Å²) >= 11 is 0. The lowest BCUT2D eigenvalue weighted by molar-refractivity contribution is 0.0817. The van der Waals surface area contributed by atoms with Crippen molar-refractivity contribution in [3.8, 4) is 17.6 Å². The number of nitrogens with zero attached hydrogens (tertiary/aromatic N) is 2. The van der Waals surface area contributed by atoms with Gasteiger partial charge in [0.15, 0.2) is 11.5 Å². The van der Waals surface area contributed by atoms with Crippen molar-refractivity contribution < 1.29 is 14.6 Å². The molecule has 5 heteroatoms. The molecule has 1 aromatic rings. The summed E-state index contributed by atoms with van der Waals surface area (Å²) in [6, 6.07) is 5.99. The second kappa shape index (κ2) is 4.98. The van der Waals surface area contributed by atoms with E-state index in [0.717, 1.165) is 29.8 Å². The van der Waals surface area contributed by atoms with E-state index in [2.05, 4.69) is 17.0 Å². The average Bonchev–Trinajstić information content (AvgIpc) is 2.82. The minimum absolute atomic E-state index is 0.113. The van der Waals surface area contributed by atoms with E-state index in [1.807, 2.05) is 25.3 Å². The number of hydrogen-bond acceptors (Lipinski definition) is 5. The van der Waals surface area contributed by atoms with Gasteiger partial charge in [0.2, 0.25) is 0 Å². The van der Waals surface area contributed by atoms with Crippen LogP contribution in [0.2, 0.25) is 0 Å². The Hall–Kier alpha value is -2.03. The number of methoxy groups -OCH3 is 1. The van der Waals surface area contributed by atoms with Gasteiger partial charge >= 0.3 is 0 Å². The molecule has 0 saturated carbocycles. The molecule has 4 rings (SSSR count). The monoisotopic (exact) mass is 312 g/mol. The van der Waals surface area contributed by atoms with E-state index in [4.69, 9.17) is 9.47 Å². The Kier molecular flexibility index (Phi) is 3.15. The minimum atomic E-state index is -0.484. The molecular formula is C18H20N2O3. The second-order valence-corrected chi connectivity index (χ2v) is 6.63. The Labute approximate surface area is 135 Å². The summed E-state index contributed by atoms with van der Waals surface area (Å²) in [5.74, 6) is 1.44. The van der Waals surface area contributed by atoms with E-state index in [-0.39, 0.29) is 17.6 Å². The molecule has 0 bridgehead atoms. The van der Waals surface area contributed by atoms with Crippen LogP contribution in [0.15, 0.2) is 24.3 Å². The molecule has 0 radical (unpaired) electrons. The fourth-order valence-corrected chi connectivity index (χ4v) is 4.27. The third-order valence-corrected chi connectivity index (χ3v) is 5.48. The number of hydrogen-bond donors (Lipinski definition) is 1. The predicted molar refractivity (Wildman–Crippen MR) is 84.5 cm³/mol. The molecule has 23 heavy (non-hydrogen) atoms. The largest absolute Gasteiger partial charge is 0.493 e. The molecule has 3 aliphatic rings. The van der Waals surface area contributed by atoms with Crippen LogP contribution in [0.5, 0.6) is 11.5 Å². The zero-order valence-corrected chi connectivity index (χ0v) is 13.3. The summed E-state index contributed by atoms with van der Waals surface area (Å²) in [5.41, 5.74) is 1.78. The molecular weight excluding hydrogens is 292 g/mol. The number of ether oxygens (including phenoxy) is 2. The van der Waals surface area contributed by atoms with Crippen molar-refractivity contribution in [3.63, 3.8) is 0 Å². The molecule has 0 amide bonds. The SMILES string of the molecule is COc1ccc2c3c1OC1CC(O)C=CC31CCN(C)C2C#N. The predicted octanol–water partition coefficient (Wildman–Crippen LogP) is 1.91. The summed E-state index contributed by atoms with van der Waals surface area (Å²) in [6.45, 7) is 0.801. The summed E-state index contributed by atoms with van der Waals surface area (Å²) in [4.78, 5) is 2.09. The molecule has 0 saturated heterocycles. The lowest BCUT2D eigenvalue weighted by Gasteiger charge is -2.35. The first-order valence-corrected chi connectivity index (χ1v) is 7.96. The van der Waals surface area contributed by atoms with E-state index in [0.29, 0.717) is 12.2 Å². The van der Waals surface area contributed by atoms with Gasteiger partial charge < -0.3 is 14.6 Å². The van der Waals surface area contributed by atoms with Crippen LogP contribution in [0.3, 0.4) is 0 Å². The lowest BCUT2D eigenvalue weighted by Crippen LogP contribution is -2.42. The minimum Gasteiger partial charge on any atom is -0.493 e. The summed E-state index contributed by atoms with van der Waals surface area (Å²) in [7, 11) is 3.62. The van der Waals surface area contributed by atoms with Crippen molar-refractivity contribution in [2.24, 2.45) is 0 Å². The summed E-state index contributed by atoms with van der Waals surface area (Å²) in [5, 5.41) is 19.7. The van der Waals surface area contributed by atoms with Crippen molar-refractivity contribution in [3.05, 3.63) is 35.4 Å². The van der Waals surface area contributed by atoms with Gasteiger partial charge in [0.1, 0.15) is 12.1 Å². The Bertz CT molecular complexity index is 724. The maximum absolute atomic E-state index is 10.0. The van der Waals surface area contributed by atoms with Crippen LogP contribution >= 0.6 is 0 Å². The van der Waals surface area contributed by atoms with Gasteiger partial charge in [-0.2, -0.15) is 5.26 Å². The first kappa shape index (κ1) is 14.6. The van der Waals surface area contributed by atoms with E-state index < -0.39 is 6.10 Å². The summed E-state index contributed by atoms with van der Waals surface area (Å²) in [6.07, 6.45) is 4.79. The maximum atomic E-state index is 10.0. The normalized spacial score (nSPS) is 34.8. The smallest absolute Gasteiger partial charge is 0.166 e. The molecule has 4 atom stereocenters. The van der Waals surface area contributed by atoms with Gasteiger partial charge in [-0.25, -0.2) is 0 Å². The molecule has 2 heterocycles. The third-order valence-electron chi connectivity index (χ3n) is 5.48. The Morgan fingerprint density at radius 1 is 1.48 bits per heavy atom. The van der Waals surface area contributed by atoms with Crippen LogP contribution in [0.25, 0.3) is 0 Å². The van der Waals surface area contributed by atoms with Gasteiger partial charge in [-0.05, 0) is 25.1 Å². The van der Waals surface area contributed by atoms with E-state index >= 15 is 0 Å². The molecule has 1 aromatic carbocycles. The quantitative estimate of drug-likeness (QED) is 0.803. The van der Waals surface area contributed by atoms with Gasteiger partial charge in [-0.3, -0.25) is 4.90 Å². The fraction of sp³-hybridized carbons (Fsp3) is 0.500. The maximum Gasteiger partial charge on any atom is 0.166 e. The van der Waals surface area contributed by atoms with Crippen LogP contribution in [0, 0.1) is 11.3 Å². The van der Waals surface area contributed by atoms with Gasteiger partial charge in [-0.1, -0.05) is 18.2 Å². The van der Waals surface area contributed by atoms with Crippen molar-refractivity contribution >= 4 is 0 Å². The fourth-order valence-electron chi connectivity index (χ4n) is 4.27. The molecule has 2 aliphatic heterocycles. The first-order chi connectivity index (χ1) is 11.1. The molecule has 1 N–H and O–H groups in total. The number of aliphatic hydroxyl groups is 1. The molecule has 4 unspecified atom stereocenters. The van der Waals surface area contributed by atoms with Crippen molar-refractivity contribution in [1.82, 2.24) is 4.90 Å². The second-order valence-electron chi connectivity index (χ2n) is 6.63. The highest BCUT2D eigenvalue weighted by molar-refractivity contribution is 5.62. The van der Waals surface area contributed by atoms with E-state index in [1.54, 1.807) is 7.11 Å². The molecule has 5 nitrogen and oxygen atoms in total. The highest BCUT2D eigenvalue weighted by Gasteiger charge is 2.53. The van der Waals surface area contributed by atoms with Gasteiger partial charge in [0.05, 0.1) is 24.7 Å². The summed E-state index contributed by atoms with van der Waals surface area (Å²) < 4.78 is 11.7. The number of benzene rings is 1. The van der Waals surface area contributed by atoms with Crippen LogP contribution in [0.4, 0.5) is 0 Å². The molecule has 120 valence electrons. The standard InChI is InChI=1S/C18H20N2O3/c1-20-8-7-18-6-5-11(21)9-15(18)23-17-14(22-2)4-3-12(16(17)18)13(20)10-19/h3-6,11,13,15,21H,7-9H2,1-2H3. The Balaban J connectivity index is 2.00. The zero-order valence-electron chi connectivity index (χ0n) is 13.3. The van der Waals surface area contributed by atoms with Crippen LogP contribution in [-0.2, 0) is 5.41 Å². The van der Waals surface area contributed by atoms with Crippen molar-refractivity contribution in [1.29, 1.82) is 5.26 Å². The van der Waals surface area contributed by atoms with Crippen LogP contribution in [0.1, 0.15) is 30.0 Å². The topological polar surface area (TPSA) is 65.7 Å². The number of aliphatic hydroxyl groups excluding tert-OH is 1. The first-order valence-electron chi connectivity index (χ1n) is 7.96. The third kappa shape index (κ3) is 1.85.